The van der Waals surface area contributed by atoms with Crippen LogP contribution in [0.15, 0.2) is 60.0 Å². The molecule has 3 aromatic rings. The molecule has 1 atom stereocenters. The van der Waals surface area contributed by atoms with Crippen LogP contribution in [0.3, 0.4) is 0 Å². The fourth-order valence-electron chi connectivity index (χ4n) is 2.06. The highest BCUT2D eigenvalue weighted by atomic mass is 35.5. The molecular formula is C18H15ClN2O2S. The highest BCUT2D eigenvalue weighted by molar-refractivity contribution is 7.14. The van der Waals surface area contributed by atoms with Crippen LogP contribution >= 0.6 is 22.9 Å². The van der Waals surface area contributed by atoms with E-state index in [0.717, 1.165) is 11.3 Å². The third kappa shape index (κ3) is 3.93. The van der Waals surface area contributed by atoms with Crippen molar-refractivity contribution < 1.29 is 9.53 Å². The number of rotatable bonds is 5. The first-order valence-corrected chi connectivity index (χ1v) is 8.62. The number of anilines is 1. The molecule has 0 spiro atoms. The van der Waals surface area contributed by atoms with Gasteiger partial charge in [-0.25, -0.2) is 4.98 Å². The number of nitrogens with zero attached hydrogens (tertiary/aromatic N) is 1. The Bertz CT molecular complexity index is 836. The van der Waals surface area contributed by atoms with Crippen molar-refractivity contribution in [2.24, 2.45) is 0 Å². The van der Waals surface area contributed by atoms with E-state index in [1.165, 1.54) is 11.3 Å². The second-order valence-electron chi connectivity index (χ2n) is 5.08. The Kier molecular flexibility index (Phi) is 5.13. The topological polar surface area (TPSA) is 51.2 Å². The molecule has 0 bridgehead atoms. The van der Waals surface area contributed by atoms with E-state index >= 15 is 0 Å². The van der Waals surface area contributed by atoms with E-state index in [2.05, 4.69) is 10.3 Å². The number of ether oxygens (including phenoxy) is 1. The number of amides is 1. The lowest BCUT2D eigenvalue weighted by molar-refractivity contribution is -0.122. The molecule has 4 nitrogen and oxygen atoms in total. The van der Waals surface area contributed by atoms with Gasteiger partial charge in [0.15, 0.2) is 11.2 Å². The number of nitrogens with one attached hydrogen (secondary N) is 1. The van der Waals surface area contributed by atoms with Crippen LogP contribution < -0.4 is 10.1 Å². The predicted molar refractivity (Wildman–Crippen MR) is 97.7 cm³/mol. The first-order valence-electron chi connectivity index (χ1n) is 7.36. The van der Waals surface area contributed by atoms with Gasteiger partial charge in [0.2, 0.25) is 0 Å². The van der Waals surface area contributed by atoms with Crippen LogP contribution in [0.2, 0.25) is 5.02 Å². The molecule has 1 aromatic heterocycles. The molecule has 1 heterocycles. The molecule has 0 aliphatic carbocycles. The summed E-state index contributed by atoms with van der Waals surface area (Å²) in [5, 5.41) is 5.68. The summed E-state index contributed by atoms with van der Waals surface area (Å²) < 4.78 is 5.60. The Hall–Kier alpha value is -2.37. The molecule has 0 radical (unpaired) electrons. The molecule has 1 amide bonds. The van der Waals surface area contributed by atoms with Gasteiger partial charge in [-0.05, 0) is 19.1 Å². The number of halogens is 1. The van der Waals surface area contributed by atoms with Crippen molar-refractivity contribution >= 4 is 34.0 Å². The summed E-state index contributed by atoms with van der Waals surface area (Å²) in [7, 11) is 0. The van der Waals surface area contributed by atoms with E-state index in [4.69, 9.17) is 16.3 Å². The van der Waals surface area contributed by atoms with Gasteiger partial charge in [-0.1, -0.05) is 54.1 Å². The smallest absolute Gasteiger partial charge is 0.266 e. The second-order valence-corrected chi connectivity index (χ2v) is 6.35. The summed E-state index contributed by atoms with van der Waals surface area (Å²) in [5.41, 5.74) is 1.84. The monoisotopic (exact) mass is 358 g/mol. The maximum absolute atomic E-state index is 12.3. The molecule has 6 heteroatoms. The molecule has 2 aromatic carbocycles. The van der Waals surface area contributed by atoms with E-state index in [0.29, 0.717) is 15.9 Å². The minimum atomic E-state index is -0.686. The van der Waals surface area contributed by atoms with Crippen molar-refractivity contribution in [3.05, 3.63) is 65.0 Å². The number of carbonyl (C=O) groups excluding carboxylic acids is 1. The van der Waals surface area contributed by atoms with Gasteiger partial charge < -0.3 is 4.74 Å². The Morgan fingerprint density at radius 1 is 1.17 bits per heavy atom. The summed E-state index contributed by atoms with van der Waals surface area (Å²) in [4.78, 5) is 16.7. The molecule has 0 aliphatic rings. The zero-order valence-electron chi connectivity index (χ0n) is 12.9. The molecule has 0 saturated heterocycles. The molecule has 0 aliphatic heterocycles. The summed E-state index contributed by atoms with van der Waals surface area (Å²) in [6.07, 6.45) is -0.686. The third-order valence-electron chi connectivity index (χ3n) is 3.31. The van der Waals surface area contributed by atoms with E-state index < -0.39 is 6.10 Å². The highest BCUT2D eigenvalue weighted by Crippen LogP contribution is 2.26. The first-order chi connectivity index (χ1) is 11.6. The predicted octanol–water partition coefficient (Wildman–Crippen LogP) is 4.87. The first kappa shape index (κ1) is 16.5. The van der Waals surface area contributed by atoms with Gasteiger partial charge in [0, 0.05) is 10.9 Å². The van der Waals surface area contributed by atoms with Gasteiger partial charge in [0.1, 0.15) is 5.75 Å². The average Bonchev–Trinajstić information content (AvgIpc) is 3.06. The van der Waals surface area contributed by atoms with Crippen LogP contribution in [-0.2, 0) is 4.79 Å². The molecule has 24 heavy (non-hydrogen) atoms. The van der Waals surface area contributed by atoms with Crippen LogP contribution in [-0.4, -0.2) is 17.0 Å². The summed E-state index contributed by atoms with van der Waals surface area (Å²) in [6.45, 7) is 1.67. The highest BCUT2D eigenvalue weighted by Gasteiger charge is 2.17. The summed E-state index contributed by atoms with van der Waals surface area (Å²) >= 11 is 7.41. The summed E-state index contributed by atoms with van der Waals surface area (Å²) in [6, 6.07) is 16.9. The number of hydrogen-bond donors (Lipinski definition) is 1. The Morgan fingerprint density at radius 3 is 2.62 bits per heavy atom. The number of carbonyl (C=O) groups is 1. The average molecular weight is 359 g/mol. The van der Waals surface area contributed by atoms with Crippen molar-refractivity contribution in [1.29, 1.82) is 0 Å². The van der Waals surface area contributed by atoms with E-state index in [1.54, 1.807) is 31.2 Å². The van der Waals surface area contributed by atoms with Crippen LogP contribution in [0, 0.1) is 0 Å². The zero-order valence-corrected chi connectivity index (χ0v) is 14.5. The third-order valence-corrected chi connectivity index (χ3v) is 4.38. The van der Waals surface area contributed by atoms with Crippen molar-refractivity contribution in [2.45, 2.75) is 13.0 Å². The van der Waals surface area contributed by atoms with Crippen molar-refractivity contribution in [3.8, 4) is 17.0 Å². The lowest BCUT2D eigenvalue weighted by Crippen LogP contribution is -2.30. The minimum absolute atomic E-state index is 0.274. The maximum Gasteiger partial charge on any atom is 0.266 e. The molecule has 0 saturated carbocycles. The van der Waals surface area contributed by atoms with Gasteiger partial charge in [0.05, 0.1) is 10.7 Å². The van der Waals surface area contributed by atoms with Gasteiger partial charge in [0.25, 0.3) is 5.91 Å². The Labute approximate surface area is 149 Å². The zero-order chi connectivity index (χ0) is 16.9. The summed E-state index contributed by atoms with van der Waals surface area (Å²) in [5.74, 6) is 0.204. The normalized spacial score (nSPS) is 11.8. The number of hydrogen-bond acceptors (Lipinski definition) is 4. The van der Waals surface area contributed by atoms with Crippen LogP contribution in [0.1, 0.15) is 6.92 Å². The molecule has 122 valence electrons. The van der Waals surface area contributed by atoms with Crippen molar-refractivity contribution in [3.63, 3.8) is 0 Å². The number of para-hydroxylation sites is 1. The fourth-order valence-corrected chi connectivity index (χ4v) is 2.97. The lowest BCUT2D eigenvalue weighted by atomic mass is 10.2. The molecule has 3 rings (SSSR count). The molecule has 1 N–H and O–H groups in total. The molecule has 0 fully saturated rings. The van der Waals surface area contributed by atoms with E-state index in [1.807, 2.05) is 35.7 Å². The van der Waals surface area contributed by atoms with Crippen molar-refractivity contribution in [2.75, 3.05) is 5.32 Å². The fraction of sp³-hybridized carbons (Fsp3) is 0.111. The molecule has 0 unspecified atom stereocenters. The van der Waals surface area contributed by atoms with E-state index in [-0.39, 0.29) is 5.91 Å². The second kappa shape index (κ2) is 7.47. The van der Waals surface area contributed by atoms with Gasteiger partial charge >= 0.3 is 0 Å². The SMILES string of the molecule is C[C@@H](Oc1ccccc1Cl)C(=O)Nc1nc(-c2ccccc2)cs1. The number of thiazole rings is 1. The lowest BCUT2D eigenvalue weighted by Gasteiger charge is -2.14. The van der Waals surface area contributed by atoms with Gasteiger partial charge in [-0.15, -0.1) is 11.3 Å². The standard InChI is InChI=1S/C18H15ClN2O2S/c1-12(23-16-10-6-5-9-14(16)19)17(22)21-18-20-15(11-24-18)13-7-3-2-4-8-13/h2-12H,1H3,(H,20,21,22)/t12-/m1/s1. The van der Waals surface area contributed by atoms with E-state index in [9.17, 15) is 4.79 Å². The maximum atomic E-state index is 12.3. The van der Waals surface area contributed by atoms with Crippen molar-refractivity contribution in [1.82, 2.24) is 4.98 Å². The largest absolute Gasteiger partial charge is 0.479 e. The van der Waals surface area contributed by atoms with Gasteiger partial charge in [-0.3, -0.25) is 10.1 Å². The quantitative estimate of drug-likeness (QED) is 0.707. The number of aromatic nitrogens is 1. The Balaban J connectivity index is 1.65. The van der Waals surface area contributed by atoms with Crippen LogP contribution in [0.5, 0.6) is 5.75 Å². The van der Waals surface area contributed by atoms with Crippen LogP contribution in [0.25, 0.3) is 11.3 Å². The number of benzene rings is 2. The molecular weight excluding hydrogens is 344 g/mol. The Morgan fingerprint density at radius 2 is 1.88 bits per heavy atom. The van der Waals surface area contributed by atoms with Gasteiger partial charge in [-0.2, -0.15) is 0 Å². The minimum Gasteiger partial charge on any atom is -0.479 e. The van der Waals surface area contributed by atoms with Crippen LogP contribution in [0.4, 0.5) is 5.13 Å².